The van der Waals surface area contributed by atoms with E-state index in [1.165, 1.54) is 5.01 Å². The largest absolute Gasteiger partial charge is 0.440 e. The molecule has 0 spiro atoms. The second-order valence-corrected chi connectivity index (χ2v) is 6.57. The Hall–Kier alpha value is -2.70. The van der Waals surface area contributed by atoms with Crippen LogP contribution in [-0.2, 0) is 9.59 Å². The molecule has 2 amide bonds. The number of amides is 2. The quantitative estimate of drug-likeness (QED) is 0.839. The van der Waals surface area contributed by atoms with Crippen molar-refractivity contribution in [2.24, 2.45) is 5.10 Å². The molecule has 130 valence electrons. The van der Waals surface area contributed by atoms with Gasteiger partial charge in [0.15, 0.2) is 11.5 Å². The van der Waals surface area contributed by atoms with Crippen molar-refractivity contribution in [3.8, 4) is 0 Å². The highest BCUT2D eigenvalue weighted by atomic mass is 16.3. The molecule has 0 aliphatic carbocycles. The molecule has 3 heterocycles. The summed E-state index contributed by atoms with van der Waals surface area (Å²) >= 11 is 0. The van der Waals surface area contributed by atoms with E-state index in [-0.39, 0.29) is 17.7 Å². The van der Waals surface area contributed by atoms with Gasteiger partial charge >= 0.3 is 0 Å². The van der Waals surface area contributed by atoms with E-state index >= 15 is 0 Å². The van der Waals surface area contributed by atoms with Crippen LogP contribution in [-0.4, -0.2) is 52.6 Å². The summed E-state index contributed by atoms with van der Waals surface area (Å²) in [6, 6.07) is 7.69. The molecule has 7 heteroatoms. The molecule has 1 aromatic heterocycles. The van der Waals surface area contributed by atoms with Gasteiger partial charge in [0.25, 0.3) is 5.91 Å². The fourth-order valence-electron chi connectivity index (χ4n) is 3.43. The first kappa shape index (κ1) is 15.8. The lowest BCUT2D eigenvalue weighted by atomic mass is 9.97. The molecule has 7 nitrogen and oxygen atoms in total. The molecule has 1 fully saturated rings. The lowest BCUT2D eigenvalue weighted by molar-refractivity contribution is -0.130. The van der Waals surface area contributed by atoms with Crippen LogP contribution in [0.5, 0.6) is 0 Å². The minimum absolute atomic E-state index is 0.0560. The summed E-state index contributed by atoms with van der Waals surface area (Å²) in [7, 11) is 1.59. The number of hydrazone groups is 1. The molecule has 0 N–H and O–H groups in total. The van der Waals surface area contributed by atoms with Crippen LogP contribution in [0.3, 0.4) is 0 Å². The second kappa shape index (κ2) is 6.31. The first-order chi connectivity index (χ1) is 12.1. The summed E-state index contributed by atoms with van der Waals surface area (Å²) in [6.07, 6.45) is 2.59. The minimum Gasteiger partial charge on any atom is -0.440 e. The number of hydrogen-bond donors (Lipinski definition) is 0. The average molecular weight is 340 g/mol. The molecular weight excluding hydrogens is 320 g/mol. The number of benzene rings is 1. The summed E-state index contributed by atoms with van der Waals surface area (Å²) in [5, 5.41) is 5.40. The van der Waals surface area contributed by atoms with Gasteiger partial charge in [-0.3, -0.25) is 9.59 Å². The summed E-state index contributed by atoms with van der Waals surface area (Å²) in [4.78, 5) is 30.7. The molecular formula is C18H20N4O3. The van der Waals surface area contributed by atoms with E-state index in [1.54, 1.807) is 7.05 Å². The molecule has 2 aliphatic heterocycles. The predicted molar refractivity (Wildman–Crippen MR) is 92.0 cm³/mol. The van der Waals surface area contributed by atoms with Crippen LogP contribution in [0.4, 0.5) is 0 Å². The predicted octanol–water partition coefficient (Wildman–Crippen LogP) is 2.14. The minimum atomic E-state index is -0.0832. The number of rotatable bonds is 2. The zero-order valence-electron chi connectivity index (χ0n) is 14.1. The first-order valence-electron chi connectivity index (χ1n) is 8.60. The maximum Gasteiger partial charge on any atom is 0.270 e. The molecule has 1 unspecified atom stereocenters. The van der Waals surface area contributed by atoms with E-state index in [0.29, 0.717) is 37.5 Å². The van der Waals surface area contributed by atoms with Crippen LogP contribution in [0.1, 0.15) is 37.5 Å². The number of para-hydroxylation sites is 2. The van der Waals surface area contributed by atoms with Gasteiger partial charge in [-0.25, -0.2) is 9.99 Å². The lowest BCUT2D eigenvalue weighted by Crippen LogP contribution is -2.44. The zero-order valence-corrected chi connectivity index (χ0v) is 14.1. The Bertz CT molecular complexity index is 824. The van der Waals surface area contributed by atoms with Crippen LogP contribution in [0, 0.1) is 0 Å². The summed E-state index contributed by atoms with van der Waals surface area (Å²) in [5.41, 5.74) is 2.08. The van der Waals surface area contributed by atoms with Gasteiger partial charge in [0.2, 0.25) is 5.91 Å². The average Bonchev–Trinajstić information content (AvgIpc) is 3.08. The Morgan fingerprint density at radius 1 is 1.28 bits per heavy atom. The third-order valence-electron chi connectivity index (χ3n) is 4.82. The Kier molecular flexibility index (Phi) is 3.99. The molecule has 4 rings (SSSR count). The molecule has 2 aliphatic rings. The van der Waals surface area contributed by atoms with Gasteiger partial charge < -0.3 is 9.32 Å². The number of piperidine rings is 1. The molecule has 0 radical (unpaired) electrons. The van der Waals surface area contributed by atoms with Gasteiger partial charge in [-0.2, -0.15) is 5.10 Å². The number of fused-ring (bicyclic) bond motifs is 1. The van der Waals surface area contributed by atoms with Gasteiger partial charge in [0, 0.05) is 33.0 Å². The number of oxazole rings is 1. The van der Waals surface area contributed by atoms with Gasteiger partial charge in [-0.05, 0) is 25.0 Å². The summed E-state index contributed by atoms with van der Waals surface area (Å²) in [6.45, 7) is 1.27. The van der Waals surface area contributed by atoms with Crippen LogP contribution >= 0.6 is 0 Å². The standard InChI is InChI=1S/C18H20N4O3/c1-21-16(23)9-8-14(20-21)18(24)22-10-4-5-12(11-22)17-19-13-6-2-3-7-15(13)25-17/h2-3,6-7,12H,4-5,8-11H2,1H3. The van der Waals surface area contributed by atoms with E-state index in [2.05, 4.69) is 10.1 Å². The molecule has 25 heavy (non-hydrogen) atoms. The number of aromatic nitrogens is 1. The van der Waals surface area contributed by atoms with E-state index in [9.17, 15) is 9.59 Å². The molecule has 1 saturated heterocycles. The molecule has 0 saturated carbocycles. The highest BCUT2D eigenvalue weighted by molar-refractivity contribution is 6.39. The van der Waals surface area contributed by atoms with E-state index in [0.717, 1.165) is 23.9 Å². The maximum atomic E-state index is 12.8. The van der Waals surface area contributed by atoms with E-state index < -0.39 is 0 Å². The Morgan fingerprint density at radius 2 is 2.12 bits per heavy atom. The molecule has 1 atom stereocenters. The van der Waals surface area contributed by atoms with Crippen molar-refractivity contribution in [1.82, 2.24) is 14.9 Å². The first-order valence-corrected chi connectivity index (χ1v) is 8.60. The smallest absolute Gasteiger partial charge is 0.270 e. The van der Waals surface area contributed by atoms with Crippen molar-refractivity contribution < 1.29 is 14.0 Å². The fraction of sp³-hybridized carbons (Fsp3) is 0.444. The highest BCUT2D eigenvalue weighted by Crippen LogP contribution is 2.29. The summed E-state index contributed by atoms with van der Waals surface area (Å²) in [5.74, 6) is 0.643. The van der Waals surface area contributed by atoms with Crippen LogP contribution in [0.25, 0.3) is 11.1 Å². The van der Waals surface area contributed by atoms with Crippen LogP contribution in [0.15, 0.2) is 33.8 Å². The van der Waals surface area contributed by atoms with Gasteiger partial charge in [-0.15, -0.1) is 0 Å². The van der Waals surface area contributed by atoms with Crippen LogP contribution < -0.4 is 0 Å². The van der Waals surface area contributed by atoms with Crippen molar-refractivity contribution in [2.45, 2.75) is 31.6 Å². The number of hydrogen-bond acceptors (Lipinski definition) is 5. The SMILES string of the molecule is CN1N=C(C(=O)N2CCCC(c3nc4ccccc4o3)C2)CCC1=O. The third-order valence-corrected chi connectivity index (χ3v) is 4.82. The van der Waals surface area contributed by atoms with E-state index in [1.807, 2.05) is 29.2 Å². The Morgan fingerprint density at radius 3 is 2.92 bits per heavy atom. The van der Waals surface area contributed by atoms with Gasteiger partial charge in [-0.1, -0.05) is 12.1 Å². The molecule has 1 aromatic carbocycles. The monoisotopic (exact) mass is 340 g/mol. The topological polar surface area (TPSA) is 79.0 Å². The number of nitrogens with zero attached hydrogens (tertiary/aromatic N) is 4. The van der Waals surface area contributed by atoms with Crippen molar-refractivity contribution in [2.75, 3.05) is 20.1 Å². The van der Waals surface area contributed by atoms with Crippen LogP contribution in [0.2, 0.25) is 0 Å². The summed E-state index contributed by atoms with van der Waals surface area (Å²) < 4.78 is 5.88. The molecule has 2 aromatic rings. The lowest BCUT2D eigenvalue weighted by Gasteiger charge is -2.32. The van der Waals surface area contributed by atoms with E-state index in [4.69, 9.17) is 4.42 Å². The van der Waals surface area contributed by atoms with Crippen molar-refractivity contribution in [3.05, 3.63) is 30.2 Å². The molecule has 0 bridgehead atoms. The van der Waals surface area contributed by atoms with Crippen molar-refractivity contribution in [1.29, 1.82) is 0 Å². The van der Waals surface area contributed by atoms with Crippen molar-refractivity contribution in [3.63, 3.8) is 0 Å². The number of carbonyl (C=O) groups is 2. The second-order valence-electron chi connectivity index (χ2n) is 6.57. The van der Waals surface area contributed by atoms with Crippen molar-refractivity contribution >= 4 is 28.6 Å². The normalized spacial score (nSPS) is 21.6. The Labute approximate surface area is 145 Å². The highest BCUT2D eigenvalue weighted by Gasteiger charge is 2.31. The number of likely N-dealkylation sites (tertiary alicyclic amines) is 1. The number of carbonyl (C=O) groups excluding carboxylic acids is 2. The zero-order chi connectivity index (χ0) is 17.4. The van der Waals surface area contributed by atoms with Gasteiger partial charge in [0.1, 0.15) is 11.2 Å². The maximum absolute atomic E-state index is 12.8. The Balaban J connectivity index is 1.51. The third kappa shape index (κ3) is 3.01. The fourth-order valence-corrected chi connectivity index (χ4v) is 3.43. The van der Waals surface area contributed by atoms with Gasteiger partial charge in [0.05, 0.1) is 5.92 Å².